The van der Waals surface area contributed by atoms with Crippen molar-refractivity contribution >= 4 is 17.8 Å². The van der Waals surface area contributed by atoms with E-state index in [-0.39, 0.29) is 0 Å². The minimum atomic E-state index is -1.10. The summed E-state index contributed by atoms with van der Waals surface area (Å²) in [6.45, 7) is 1.65. The summed E-state index contributed by atoms with van der Waals surface area (Å²) in [5.41, 5.74) is -0.586. The minimum Gasteiger partial charge on any atom is -0.277 e. The molecule has 2 fully saturated rings. The highest BCUT2D eigenvalue weighted by Crippen LogP contribution is 2.45. The SMILES string of the molecule is CC(c1cccc(F)c1)N1C(=O)NC(=O)C2(CCC2)C1=O. The second-order valence-corrected chi connectivity index (χ2v) is 5.60. The van der Waals surface area contributed by atoms with Crippen LogP contribution in [0.4, 0.5) is 9.18 Å². The molecule has 1 aliphatic heterocycles. The van der Waals surface area contributed by atoms with Gasteiger partial charge >= 0.3 is 6.03 Å². The van der Waals surface area contributed by atoms with Crippen LogP contribution in [0.5, 0.6) is 0 Å². The second-order valence-electron chi connectivity index (χ2n) is 5.60. The maximum absolute atomic E-state index is 13.3. The van der Waals surface area contributed by atoms with E-state index in [1.807, 2.05) is 0 Å². The highest BCUT2D eigenvalue weighted by atomic mass is 19.1. The molecule has 3 rings (SSSR count). The van der Waals surface area contributed by atoms with Crippen LogP contribution < -0.4 is 5.32 Å². The zero-order valence-corrected chi connectivity index (χ0v) is 11.6. The van der Waals surface area contributed by atoms with E-state index in [1.165, 1.54) is 18.2 Å². The molecule has 110 valence electrons. The van der Waals surface area contributed by atoms with Crippen LogP contribution in [-0.2, 0) is 9.59 Å². The lowest BCUT2D eigenvalue weighted by atomic mass is 9.66. The van der Waals surface area contributed by atoms with Crippen molar-refractivity contribution in [3.63, 3.8) is 0 Å². The van der Waals surface area contributed by atoms with Gasteiger partial charge in [0.2, 0.25) is 11.8 Å². The first-order valence-corrected chi connectivity index (χ1v) is 6.90. The van der Waals surface area contributed by atoms with Crippen LogP contribution in [0.25, 0.3) is 0 Å². The Labute approximate surface area is 121 Å². The Balaban J connectivity index is 1.95. The smallest absolute Gasteiger partial charge is 0.277 e. The molecular formula is C15H15FN2O3. The molecule has 1 N–H and O–H groups in total. The van der Waals surface area contributed by atoms with Crippen molar-refractivity contribution in [3.8, 4) is 0 Å². The van der Waals surface area contributed by atoms with Crippen molar-refractivity contribution in [2.45, 2.75) is 32.2 Å². The molecule has 1 spiro atoms. The summed E-state index contributed by atoms with van der Waals surface area (Å²) in [4.78, 5) is 37.6. The van der Waals surface area contributed by atoms with Crippen molar-refractivity contribution < 1.29 is 18.8 Å². The van der Waals surface area contributed by atoms with Gasteiger partial charge in [-0.1, -0.05) is 18.6 Å². The Hall–Kier alpha value is -2.24. The molecule has 0 bridgehead atoms. The average Bonchev–Trinajstić information content (AvgIpc) is 2.36. The largest absolute Gasteiger partial charge is 0.331 e. The van der Waals surface area contributed by atoms with Crippen molar-refractivity contribution in [2.75, 3.05) is 0 Å². The fraction of sp³-hybridized carbons (Fsp3) is 0.400. The molecule has 0 aromatic heterocycles. The van der Waals surface area contributed by atoms with Gasteiger partial charge in [-0.2, -0.15) is 0 Å². The monoisotopic (exact) mass is 290 g/mol. The van der Waals surface area contributed by atoms with Crippen LogP contribution >= 0.6 is 0 Å². The lowest BCUT2D eigenvalue weighted by molar-refractivity contribution is -0.159. The number of amides is 4. The van der Waals surface area contributed by atoms with Gasteiger partial charge in [0, 0.05) is 0 Å². The Bertz CT molecular complexity index is 640. The van der Waals surface area contributed by atoms with Gasteiger partial charge in [0.05, 0.1) is 6.04 Å². The van der Waals surface area contributed by atoms with Crippen molar-refractivity contribution in [1.82, 2.24) is 10.2 Å². The molecule has 1 heterocycles. The number of hydrogen-bond donors (Lipinski definition) is 1. The van der Waals surface area contributed by atoms with Gasteiger partial charge in [-0.15, -0.1) is 0 Å². The van der Waals surface area contributed by atoms with E-state index in [4.69, 9.17) is 0 Å². The van der Waals surface area contributed by atoms with Crippen molar-refractivity contribution in [3.05, 3.63) is 35.6 Å². The minimum absolute atomic E-state index is 0.432. The second kappa shape index (κ2) is 4.65. The summed E-state index contributed by atoms with van der Waals surface area (Å²) in [6, 6.07) is 4.40. The number of benzene rings is 1. The van der Waals surface area contributed by atoms with Gasteiger partial charge in [0.1, 0.15) is 11.2 Å². The van der Waals surface area contributed by atoms with E-state index < -0.39 is 35.1 Å². The third-order valence-corrected chi connectivity index (χ3v) is 4.43. The number of carbonyl (C=O) groups is 3. The number of halogens is 1. The Kier molecular flexibility index (Phi) is 3.04. The van der Waals surface area contributed by atoms with E-state index in [0.717, 1.165) is 11.3 Å². The summed E-state index contributed by atoms with van der Waals surface area (Å²) >= 11 is 0. The number of nitrogens with one attached hydrogen (secondary N) is 1. The van der Waals surface area contributed by atoms with Gasteiger partial charge in [0.15, 0.2) is 0 Å². The molecular weight excluding hydrogens is 275 g/mol. The summed E-state index contributed by atoms with van der Waals surface area (Å²) in [7, 11) is 0. The number of barbiturate groups is 1. The Morgan fingerprint density at radius 2 is 2.00 bits per heavy atom. The Morgan fingerprint density at radius 3 is 2.57 bits per heavy atom. The van der Waals surface area contributed by atoms with E-state index >= 15 is 0 Å². The zero-order valence-electron chi connectivity index (χ0n) is 11.6. The maximum atomic E-state index is 13.3. The molecule has 1 aliphatic carbocycles. The maximum Gasteiger partial charge on any atom is 0.331 e. The standard InChI is InChI=1S/C15H15FN2O3/c1-9(10-4-2-5-11(16)8-10)18-13(20)15(6-3-7-15)12(19)17-14(18)21/h2,4-5,8-9H,3,6-7H2,1H3,(H,17,19,21). The Morgan fingerprint density at radius 1 is 1.29 bits per heavy atom. The molecule has 5 nitrogen and oxygen atoms in total. The van der Waals surface area contributed by atoms with Crippen molar-refractivity contribution in [2.24, 2.45) is 5.41 Å². The fourth-order valence-electron chi connectivity index (χ4n) is 2.94. The van der Waals surface area contributed by atoms with Gasteiger partial charge in [-0.3, -0.25) is 19.8 Å². The first kappa shape index (κ1) is 13.7. The van der Waals surface area contributed by atoms with Crippen LogP contribution in [-0.4, -0.2) is 22.7 Å². The zero-order chi connectivity index (χ0) is 15.2. The number of carbonyl (C=O) groups excluding carboxylic acids is 3. The van der Waals surface area contributed by atoms with E-state index in [1.54, 1.807) is 13.0 Å². The van der Waals surface area contributed by atoms with E-state index in [0.29, 0.717) is 18.4 Å². The molecule has 2 aliphatic rings. The highest BCUT2D eigenvalue weighted by Gasteiger charge is 2.58. The third-order valence-electron chi connectivity index (χ3n) is 4.43. The van der Waals surface area contributed by atoms with E-state index in [2.05, 4.69) is 5.32 Å². The highest BCUT2D eigenvalue weighted by molar-refractivity contribution is 6.19. The fourth-order valence-corrected chi connectivity index (χ4v) is 2.94. The summed E-state index contributed by atoms with van der Waals surface area (Å²) in [5.74, 6) is -1.41. The first-order valence-electron chi connectivity index (χ1n) is 6.90. The summed E-state index contributed by atoms with van der Waals surface area (Å²) in [5, 5.41) is 2.25. The lowest BCUT2D eigenvalue weighted by Crippen LogP contribution is -2.66. The molecule has 1 saturated heterocycles. The topological polar surface area (TPSA) is 66.5 Å². The molecule has 4 amide bonds. The number of urea groups is 1. The average molecular weight is 290 g/mol. The van der Waals surface area contributed by atoms with Gasteiger partial charge < -0.3 is 0 Å². The van der Waals surface area contributed by atoms with Crippen LogP contribution in [0.15, 0.2) is 24.3 Å². The lowest BCUT2D eigenvalue weighted by Gasteiger charge is -2.46. The molecule has 1 aromatic rings. The molecule has 1 atom stereocenters. The van der Waals surface area contributed by atoms with Gasteiger partial charge in [-0.25, -0.2) is 9.18 Å². The molecule has 21 heavy (non-hydrogen) atoms. The third kappa shape index (κ3) is 1.93. The molecule has 1 unspecified atom stereocenters. The van der Waals surface area contributed by atoms with Gasteiger partial charge in [-0.05, 0) is 37.5 Å². The molecule has 1 saturated carbocycles. The quantitative estimate of drug-likeness (QED) is 0.849. The van der Waals surface area contributed by atoms with Crippen LogP contribution in [0.3, 0.4) is 0 Å². The normalized spacial score (nSPS) is 22.0. The molecule has 0 radical (unpaired) electrons. The van der Waals surface area contributed by atoms with Gasteiger partial charge in [0.25, 0.3) is 0 Å². The first-order chi connectivity index (χ1) is 9.95. The number of rotatable bonds is 2. The summed E-state index contributed by atoms with van der Waals surface area (Å²) < 4.78 is 13.3. The van der Waals surface area contributed by atoms with E-state index in [9.17, 15) is 18.8 Å². The predicted molar refractivity (Wildman–Crippen MR) is 71.5 cm³/mol. The van der Waals surface area contributed by atoms with Crippen LogP contribution in [0.2, 0.25) is 0 Å². The number of imide groups is 2. The van der Waals surface area contributed by atoms with Crippen LogP contribution in [0, 0.1) is 11.2 Å². The number of nitrogens with zero attached hydrogens (tertiary/aromatic N) is 1. The summed E-state index contributed by atoms with van der Waals surface area (Å²) in [6.07, 6.45) is 1.70. The predicted octanol–water partition coefficient (Wildman–Crippen LogP) is 2.14. The number of hydrogen-bond acceptors (Lipinski definition) is 3. The van der Waals surface area contributed by atoms with Crippen LogP contribution in [0.1, 0.15) is 37.8 Å². The van der Waals surface area contributed by atoms with Crippen molar-refractivity contribution in [1.29, 1.82) is 0 Å². The molecule has 6 heteroatoms. The molecule has 1 aromatic carbocycles.